The minimum Gasteiger partial charge on any atom is -0.372 e. The minimum atomic E-state index is -0.721. The van der Waals surface area contributed by atoms with Crippen LogP contribution in [0.1, 0.15) is 11.1 Å². The van der Waals surface area contributed by atoms with Gasteiger partial charge in [0.25, 0.3) is 0 Å². The van der Waals surface area contributed by atoms with Crippen molar-refractivity contribution in [2.24, 2.45) is 5.73 Å². The summed E-state index contributed by atoms with van der Waals surface area (Å²) in [6.07, 6.45) is 0.359. The van der Waals surface area contributed by atoms with Crippen LogP contribution in [0.4, 0.5) is 10.1 Å². The molecule has 0 saturated heterocycles. The van der Waals surface area contributed by atoms with Gasteiger partial charge < -0.3 is 11.1 Å². The maximum atomic E-state index is 13.6. The van der Waals surface area contributed by atoms with Gasteiger partial charge in [0, 0.05) is 6.42 Å². The molecule has 1 atom stereocenters. The summed E-state index contributed by atoms with van der Waals surface area (Å²) in [5.41, 5.74) is 6.44. The third kappa shape index (κ3) is 3.57. The number of primary amides is 1. The van der Waals surface area contributed by atoms with Crippen LogP contribution in [0.25, 0.3) is 0 Å². The Bertz CT molecular complexity index is 680. The van der Waals surface area contributed by atoms with Gasteiger partial charge in [-0.1, -0.05) is 36.4 Å². The van der Waals surface area contributed by atoms with Crippen LogP contribution in [-0.2, 0) is 11.2 Å². The molecule has 4 nitrogen and oxygen atoms in total. The van der Waals surface area contributed by atoms with Gasteiger partial charge in [0.15, 0.2) is 0 Å². The number of nitriles is 1. The molecule has 0 fully saturated rings. The number of amides is 1. The van der Waals surface area contributed by atoms with Crippen molar-refractivity contribution in [2.75, 3.05) is 5.32 Å². The van der Waals surface area contributed by atoms with E-state index in [2.05, 4.69) is 5.32 Å². The molecule has 2 aromatic carbocycles. The Morgan fingerprint density at radius 3 is 2.57 bits per heavy atom. The van der Waals surface area contributed by atoms with E-state index in [0.29, 0.717) is 6.42 Å². The van der Waals surface area contributed by atoms with Crippen molar-refractivity contribution in [1.82, 2.24) is 0 Å². The van der Waals surface area contributed by atoms with Crippen LogP contribution >= 0.6 is 0 Å². The lowest BCUT2D eigenvalue weighted by Gasteiger charge is -2.17. The number of anilines is 1. The fourth-order valence-corrected chi connectivity index (χ4v) is 2.02. The van der Waals surface area contributed by atoms with Gasteiger partial charge in [-0.15, -0.1) is 0 Å². The molecule has 0 bridgehead atoms. The number of nitrogens with two attached hydrogens (primary N) is 1. The highest BCUT2D eigenvalue weighted by atomic mass is 19.1. The molecular weight excluding hydrogens is 269 g/mol. The third-order valence-corrected chi connectivity index (χ3v) is 3.08. The molecule has 0 aliphatic carbocycles. The largest absolute Gasteiger partial charge is 0.372 e. The van der Waals surface area contributed by atoms with Crippen molar-refractivity contribution in [3.63, 3.8) is 0 Å². The number of halogens is 1. The minimum absolute atomic E-state index is 0.128. The quantitative estimate of drug-likeness (QED) is 0.883. The Morgan fingerprint density at radius 2 is 1.95 bits per heavy atom. The number of benzene rings is 2. The van der Waals surface area contributed by atoms with Gasteiger partial charge in [-0.05, 0) is 17.7 Å². The normalized spacial score (nSPS) is 11.4. The van der Waals surface area contributed by atoms with Crippen molar-refractivity contribution >= 4 is 11.6 Å². The molecular formula is C16H14FN3O. The lowest BCUT2D eigenvalue weighted by atomic mass is 10.0. The number of nitrogens with one attached hydrogen (secondary N) is 1. The van der Waals surface area contributed by atoms with E-state index in [1.807, 2.05) is 30.3 Å². The molecule has 0 radical (unpaired) electrons. The van der Waals surface area contributed by atoms with Gasteiger partial charge in [0.1, 0.15) is 23.5 Å². The lowest BCUT2D eigenvalue weighted by Crippen LogP contribution is -2.37. The fraction of sp³-hybridized carbons (Fsp3) is 0.125. The Morgan fingerprint density at radius 1 is 1.24 bits per heavy atom. The first-order valence-electron chi connectivity index (χ1n) is 6.40. The van der Waals surface area contributed by atoms with Crippen LogP contribution < -0.4 is 11.1 Å². The van der Waals surface area contributed by atoms with Gasteiger partial charge >= 0.3 is 0 Å². The first kappa shape index (κ1) is 14.5. The van der Waals surface area contributed by atoms with Gasteiger partial charge in [0.05, 0.1) is 5.69 Å². The van der Waals surface area contributed by atoms with Crippen molar-refractivity contribution in [3.05, 3.63) is 65.5 Å². The molecule has 0 aromatic heterocycles. The maximum absolute atomic E-state index is 13.6. The van der Waals surface area contributed by atoms with E-state index in [-0.39, 0.29) is 11.3 Å². The predicted molar refractivity (Wildman–Crippen MR) is 77.9 cm³/mol. The van der Waals surface area contributed by atoms with Crippen molar-refractivity contribution in [3.8, 4) is 6.07 Å². The van der Waals surface area contributed by atoms with Crippen LogP contribution in [0, 0.1) is 17.1 Å². The smallest absolute Gasteiger partial charge is 0.240 e. The number of carbonyl (C=O) groups is 1. The van der Waals surface area contributed by atoms with Crippen LogP contribution in [0.3, 0.4) is 0 Å². The summed E-state index contributed by atoms with van der Waals surface area (Å²) in [4.78, 5) is 11.6. The van der Waals surface area contributed by atoms with E-state index in [1.54, 1.807) is 12.1 Å². The molecule has 0 aliphatic rings. The number of hydrogen-bond donors (Lipinski definition) is 2. The number of nitrogens with zero attached hydrogens (tertiary/aromatic N) is 1. The molecule has 3 N–H and O–H groups in total. The van der Waals surface area contributed by atoms with Gasteiger partial charge in [-0.2, -0.15) is 5.26 Å². The van der Waals surface area contributed by atoms with E-state index >= 15 is 0 Å². The second kappa shape index (κ2) is 6.53. The third-order valence-electron chi connectivity index (χ3n) is 3.08. The molecule has 0 aliphatic heterocycles. The maximum Gasteiger partial charge on any atom is 0.240 e. The highest BCUT2D eigenvalue weighted by Crippen LogP contribution is 2.19. The summed E-state index contributed by atoms with van der Waals surface area (Å²) in [5.74, 6) is -1.20. The fourth-order valence-electron chi connectivity index (χ4n) is 2.02. The summed E-state index contributed by atoms with van der Waals surface area (Å²) >= 11 is 0. The van der Waals surface area contributed by atoms with Crippen molar-refractivity contribution in [2.45, 2.75) is 12.5 Å². The molecule has 0 spiro atoms. The Kier molecular flexibility index (Phi) is 4.52. The van der Waals surface area contributed by atoms with E-state index < -0.39 is 17.8 Å². The zero-order chi connectivity index (χ0) is 15.2. The summed E-state index contributed by atoms with van der Waals surface area (Å²) in [5, 5.41) is 11.8. The van der Waals surface area contributed by atoms with E-state index in [9.17, 15) is 9.18 Å². The average molecular weight is 283 g/mol. The highest BCUT2D eigenvalue weighted by molar-refractivity contribution is 5.84. The summed E-state index contributed by atoms with van der Waals surface area (Å²) in [7, 11) is 0. The van der Waals surface area contributed by atoms with Gasteiger partial charge in [-0.3, -0.25) is 4.79 Å². The monoisotopic (exact) mass is 283 g/mol. The van der Waals surface area contributed by atoms with Gasteiger partial charge in [0.2, 0.25) is 5.91 Å². The first-order chi connectivity index (χ1) is 10.1. The summed E-state index contributed by atoms with van der Waals surface area (Å²) in [6.45, 7) is 0. The summed E-state index contributed by atoms with van der Waals surface area (Å²) in [6, 6.07) is 14.6. The molecule has 106 valence electrons. The zero-order valence-corrected chi connectivity index (χ0v) is 11.2. The Balaban J connectivity index is 2.24. The highest BCUT2D eigenvalue weighted by Gasteiger charge is 2.18. The number of carbonyl (C=O) groups excluding carboxylic acids is 1. The molecule has 0 saturated carbocycles. The zero-order valence-electron chi connectivity index (χ0n) is 11.2. The molecule has 5 heteroatoms. The first-order valence-corrected chi connectivity index (χ1v) is 6.40. The van der Waals surface area contributed by atoms with E-state index in [4.69, 9.17) is 11.0 Å². The molecule has 1 amide bonds. The van der Waals surface area contributed by atoms with E-state index in [1.165, 1.54) is 12.1 Å². The average Bonchev–Trinajstić information content (AvgIpc) is 2.48. The molecule has 2 rings (SSSR count). The van der Waals surface area contributed by atoms with Crippen LogP contribution in [0.5, 0.6) is 0 Å². The SMILES string of the molecule is N#Cc1c(F)cccc1NC(Cc1ccccc1)C(N)=O. The molecule has 0 heterocycles. The Labute approximate surface area is 122 Å². The Hall–Kier alpha value is -2.87. The molecule has 1 unspecified atom stereocenters. The number of hydrogen-bond acceptors (Lipinski definition) is 3. The standard InChI is InChI=1S/C16H14FN3O/c17-13-7-4-8-14(12(13)10-18)20-15(16(19)21)9-11-5-2-1-3-6-11/h1-8,15,20H,9H2,(H2,19,21). The van der Waals surface area contributed by atoms with Crippen molar-refractivity contribution < 1.29 is 9.18 Å². The number of rotatable bonds is 5. The van der Waals surface area contributed by atoms with Crippen LogP contribution in [-0.4, -0.2) is 11.9 Å². The second-order valence-corrected chi connectivity index (χ2v) is 4.56. The topological polar surface area (TPSA) is 78.9 Å². The molecule has 21 heavy (non-hydrogen) atoms. The predicted octanol–water partition coefficient (Wildman–Crippen LogP) is 2.21. The van der Waals surface area contributed by atoms with Crippen LogP contribution in [0.15, 0.2) is 48.5 Å². The molecule has 2 aromatic rings. The van der Waals surface area contributed by atoms with Crippen LogP contribution in [0.2, 0.25) is 0 Å². The van der Waals surface area contributed by atoms with Gasteiger partial charge in [-0.25, -0.2) is 4.39 Å². The van der Waals surface area contributed by atoms with Crippen molar-refractivity contribution in [1.29, 1.82) is 5.26 Å². The second-order valence-electron chi connectivity index (χ2n) is 4.56. The summed E-state index contributed by atoms with van der Waals surface area (Å²) < 4.78 is 13.6. The van der Waals surface area contributed by atoms with E-state index in [0.717, 1.165) is 5.56 Å². The lowest BCUT2D eigenvalue weighted by molar-refractivity contribution is -0.118.